The second-order valence-corrected chi connectivity index (χ2v) is 7.02. The normalized spacial score (nSPS) is 11.8. The summed E-state index contributed by atoms with van der Waals surface area (Å²) in [5.41, 5.74) is 2.54. The smallest absolute Gasteiger partial charge is 0.227 e. The van der Waals surface area contributed by atoms with E-state index < -0.39 is 0 Å². The van der Waals surface area contributed by atoms with Crippen molar-refractivity contribution in [2.75, 3.05) is 7.11 Å². The number of carbonyl (C=O) groups excluding carboxylic acids is 1. The number of aromatic nitrogens is 1. The Morgan fingerprint density at radius 1 is 1.22 bits per heavy atom. The fourth-order valence-electron chi connectivity index (χ4n) is 2.88. The summed E-state index contributed by atoms with van der Waals surface area (Å²) in [6, 6.07) is 13.7. The summed E-state index contributed by atoms with van der Waals surface area (Å²) in [6.45, 7) is 2.02. The van der Waals surface area contributed by atoms with E-state index in [1.807, 2.05) is 36.6 Å². The van der Waals surface area contributed by atoms with E-state index in [2.05, 4.69) is 10.3 Å². The summed E-state index contributed by atoms with van der Waals surface area (Å²) in [6.07, 6.45) is 0.961. The summed E-state index contributed by atoms with van der Waals surface area (Å²) in [5.74, 6) is 0.390. The van der Waals surface area contributed by atoms with Crippen LogP contribution in [0.5, 0.6) is 5.75 Å². The molecule has 0 aliphatic carbocycles. The molecule has 0 aliphatic rings. The lowest BCUT2D eigenvalue weighted by Crippen LogP contribution is -2.29. The molecule has 2 aromatic carbocycles. The number of hydrogen-bond donors (Lipinski definition) is 1. The molecule has 0 aliphatic heterocycles. The third-order valence-electron chi connectivity index (χ3n) is 4.26. The average molecular weight is 384 g/mol. The van der Waals surface area contributed by atoms with Gasteiger partial charge in [0, 0.05) is 16.5 Å². The second kappa shape index (κ2) is 8.77. The second-order valence-electron chi connectivity index (χ2n) is 6.08. The maximum Gasteiger partial charge on any atom is 0.227 e. The quantitative estimate of drug-likeness (QED) is 0.638. The van der Waals surface area contributed by atoms with Crippen molar-refractivity contribution in [3.63, 3.8) is 0 Å². The number of carbonyl (C=O) groups is 1. The highest BCUT2D eigenvalue weighted by Crippen LogP contribution is 2.27. The summed E-state index contributed by atoms with van der Waals surface area (Å²) >= 11 is 1.42. The predicted octanol–water partition coefficient (Wildman–Crippen LogP) is 4.77. The van der Waals surface area contributed by atoms with Crippen LogP contribution < -0.4 is 10.1 Å². The van der Waals surface area contributed by atoms with Crippen LogP contribution in [-0.4, -0.2) is 18.0 Å². The summed E-state index contributed by atoms with van der Waals surface area (Å²) in [7, 11) is 1.62. The van der Waals surface area contributed by atoms with E-state index in [0.29, 0.717) is 0 Å². The number of nitrogens with zero attached hydrogens (tertiary/aromatic N) is 1. The SMILES string of the molecule is CC[C@@H](NC(=O)Cc1nc(-c2ccc(F)cc2)cs1)c1ccccc1OC. The zero-order valence-electron chi connectivity index (χ0n) is 15.2. The first kappa shape index (κ1) is 19.0. The molecule has 4 nitrogen and oxygen atoms in total. The van der Waals surface area contributed by atoms with E-state index in [-0.39, 0.29) is 24.2 Å². The third-order valence-corrected chi connectivity index (χ3v) is 5.11. The van der Waals surface area contributed by atoms with Gasteiger partial charge in [-0.15, -0.1) is 11.3 Å². The van der Waals surface area contributed by atoms with Crippen LogP contribution in [0.25, 0.3) is 11.3 Å². The lowest BCUT2D eigenvalue weighted by Gasteiger charge is -2.19. The van der Waals surface area contributed by atoms with Gasteiger partial charge in [-0.05, 0) is 36.8 Å². The van der Waals surface area contributed by atoms with Gasteiger partial charge in [0.05, 0.1) is 25.3 Å². The molecule has 140 valence electrons. The Balaban J connectivity index is 1.67. The van der Waals surface area contributed by atoms with Gasteiger partial charge in [0.2, 0.25) is 5.91 Å². The van der Waals surface area contributed by atoms with E-state index >= 15 is 0 Å². The highest BCUT2D eigenvalue weighted by molar-refractivity contribution is 7.10. The minimum absolute atomic E-state index is 0.0900. The highest BCUT2D eigenvalue weighted by atomic mass is 32.1. The standard InChI is InChI=1S/C21H21FN2O2S/c1-3-17(16-6-4-5-7-19(16)26-2)23-20(25)12-21-24-18(13-27-21)14-8-10-15(22)11-9-14/h4-11,13,17H,3,12H2,1-2H3,(H,23,25)/t17-/m1/s1. The molecular weight excluding hydrogens is 363 g/mol. The summed E-state index contributed by atoms with van der Waals surface area (Å²) < 4.78 is 18.4. The van der Waals surface area contributed by atoms with Crippen molar-refractivity contribution in [2.24, 2.45) is 0 Å². The van der Waals surface area contributed by atoms with Crippen molar-refractivity contribution in [3.05, 3.63) is 70.3 Å². The molecule has 0 saturated heterocycles. The molecule has 27 heavy (non-hydrogen) atoms. The van der Waals surface area contributed by atoms with Crippen LogP contribution in [0.15, 0.2) is 53.9 Å². The van der Waals surface area contributed by atoms with Gasteiger partial charge >= 0.3 is 0 Å². The number of amides is 1. The third kappa shape index (κ3) is 4.71. The van der Waals surface area contributed by atoms with Gasteiger partial charge in [-0.3, -0.25) is 4.79 Å². The Hall–Kier alpha value is -2.73. The van der Waals surface area contributed by atoms with Crippen molar-refractivity contribution in [2.45, 2.75) is 25.8 Å². The molecule has 0 fully saturated rings. The van der Waals surface area contributed by atoms with Crippen LogP contribution in [0.4, 0.5) is 4.39 Å². The van der Waals surface area contributed by atoms with Crippen molar-refractivity contribution < 1.29 is 13.9 Å². The lowest BCUT2D eigenvalue weighted by molar-refractivity contribution is -0.121. The predicted molar refractivity (Wildman–Crippen MR) is 105 cm³/mol. The van der Waals surface area contributed by atoms with E-state index in [4.69, 9.17) is 4.74 Å². The molecule has 1 atom stereocenters. The van der Waals surface area contributed by atoms with Crippen LogP contribution in [0.2, 0.25) is 0 Å². The Morgan fingerprint density at radius 2 is 1.96 bits per heavy atom. The van der Waals surface area contributed by atoms with Gasteiger partial charge in [-0.2, -0.15) is 0 Å². The van der Waals surface area contributed by atoms with Gasteiger partial charge in [0.25, 0.3) is 0 Å². The molecule has 0 bridgehead atoms. The number of benzene rings is 2. The molecule has 3 rings (SSSR count). The summed E-state index contributed by atoms with van der Waals surface area (Å²) in [5, 5.41) is 5.67. The zero-order valence-corrected chi connectivity index (χ0v) is 16.1. The molecule has 0 saturated carbocycles. The van der Waals surface area contributed by atoms with Gasteiger partial charge < -0.3 is 10.1 Å². The monoisotopic (exact) mass is 384 g/mol. The number of thiazole rings is 1. The molecular formula is C21H21FN2O2S. The molecule has 1 heterocycles. The van der Waals surface area contributed by atoms with Crippen LogP contribution in [-0.2, 0) is 11.2 Å². The molecule has 6 heteroatoms. The first-order valence-corrected chi connectivity index (χ1v) is 9.61. The Morgan fingerprint density at radius 3 is 2.67 bits per heavy atom. The van der Waals surface area contributed by atoms with E-state index in [9.17, 15) is 9.18 Å². The van der Waals surface area contributed by atoms with E-state index in [0.717, 1.165) is 34.0 Å². The maximum atomic E-state index is 13.0. The average Bonchev–Trinajstić information content (AvgIpc) is 3.15. The minimum atomic E-state index is -0.282. The van der Waals surface area contributed by atoms with Gasteiger partial charge in [-0.1, -0.05) is 25.1 Å². The van der Waals surface area contributed by atoms with Gasteiger partial charge in [-0.25, -0.2) is 9.37 Å². The fraction of sp³-hybridized carbons (Fsp3) is 0.238. The molecule has 3 aromatic rings. The van der Waals surface area contributed by atoms with Crippen molar-refractivity contribution in [1.29, 1.82) is 0 Å². The van der Waals surface area contributed by atoms with Crippen LogP contribution in [0.1, 0.15) is 30.0 Å². The fourth-order valence-corrected chi connectivity index (χ4v) is 3.68. The Labute approximate surface area is 162 Å². The number of ether oxygens (including phenoxy) is 1. The zero-order chi connectivity index (χ0) is 19.2. The van der Waals surface area contributed by atoms with Crippen LogP contribution in [0.3, 0.4) is 0 Å². The first-order valence-electron chi connectivity index (χ1n) is 8.73. The number of hydrogen-bond acceptors (Lipinski definition) is 4. The van der Waals surface area contributed by atoms with Gasteiger partial charge in [0.15, 0.2) is 0 Å². The first-order chi connectivity index (χ1) is 13.1. The van der Waals surface area contributed by atoms with Crippen molar-refractivity contribution in [1.82, 2.24) is 10.3 Å². The van der Waals surface area contributed by atoms with Crippen molar-refractivity contribution >= 4 is 17.2 Å². The summed E-state index contributed by atoms with van der Waals surface area (Å²) in [4.78, 5) is 17.0. The van der Waals surface area contributed by atoms with E-state index in [1.165, 1.54) is 23.5 Å². The molecule has 1 amide bonds. The van der Waals surface area contributed by atoms with Crippen LogP contribution in [0, 0.1) is 5.82 Å². The molecule has 0 radical (unpaired) electrons. The molecule has 0 spiro atoms. The number of rotatable bonds is 7. The number of nitrogens with one attached hydrogen (secondary N) is 1. The van der Waals surface area contributed by atoms with E-state index in [1.54, 1.807) is 19.2 Å². The topological polar surface area (TPSA) is 51.2 Å². The number of para-hydroxylation sites is 1. The lowest BCUT2D eigenvalue weighted by atomic mass is 10.0. The molecule has 0 unspecified atom stereocenters. The molecule has 1 N–H and O–H groups in total. The Kier molecular flexibility index (Phi) is 6.19. The largest absolute Gasteiger partial charge is 0.496 e. The van der Waals surface area contributed by atoms with Crippen molar-refractivity contribution in [3.8, 4) is 17.0 Å². The van der Waals surface area contributed by atoms with Gasteiger partial charge in [0.1, 0.15) is 16.6 Å². The maximum absolute atomic E-state index is 13.0. The minimum Gasteiger partial charge on any atom is -0.496 e. The highest BCUT2D eigenvalue weighted by Gasteiger charge is 2.17. The number of halogens is 1. The Bertz CT molecular complexity index is 909. The number of methoxy groups -OCH3 is 1. The van der Waals surface area contributed by atoms with Crippen LogP contribution >= 0.6 is 11.3 Å². The molecule has 1 aromatic heterocycles.